The molecule has 2 heterocycles. The molecule has 94 valence electrons. The van der Waals surface area contributed by atoms with Crippen molar-refractivity contribution in [2.45, 2.75) is 38.3 Å². The maximum Gasteiger partial charge on any atom is 0.225 e. The molecule has 1 aliphatic heterocycles. The Morgan fingerprint density at radius 3 is 3.12 bits per heavy atom. The first-order valence-electron chi connectivity index (χ1n) is 5.90. The van der Waals surface area contributed by atoms with Gasteiger partial charge in [-0.25, -0.2) is 0 Å². The fourth-order valence-electron chi connectivity index (χ4n) is 2.15. The van der Waals surface area contributed by atoms with E-state index in [2.05, 4.69) is 33.5 Å². The maximum atomic E-state index is 11.9. The van der Waals surface area contributed by atoms with Gasteiger partial charge in [-0.05, 0) is 54.4 Å². The van der Waals surface area contributed by atoms with Gasteiger partial charge in [0, 0.05) is 17.0 Å². The molecule has 0 aromatic carbocycles. The molecule has 5 heteroatoms. The lowest BCUT2D eigenvalue weighted by Gasteiger charge is -2.28. The molecule has 1 aromatic rings. The Labute approximate surface area is 114 Å². The fraction of sp³-hybridized carbons (Fsp3) is 0.583. The number of thiophene rings is 1. The van der Waals surface area contributed by atoms with E-state index >= 15 is 0 Å². The first kappa shape index (κ1) is 13.1. The third-order valence-electron chi connectivity index (χ3n) is 2.95. The van der Waals surface area contributed by atoms with Crippen molar-refractivity contribution in [2.75, 3.05) is 6.54 Å². The van der Waals surface area contributed by atoms with Crippen LogP contribution in [0, 0.1) is 0 Å². The van der Waals surface area contributed by atoms with Crippen molar-refractivity contribution < 1.29 is 4.79 Å². The number of carbonyl (C=O) groups is 1. The summed E-state index contributed by atoms with van der Waals surface area (Å²) < 4.78 is 1.08. The van der Waals surface area contributed by atoms with E-state index in [1.807, 2.05) is 12.1 Å². The molecule has 17 heavy (non-hydrogen) atoms. The van der Waals surface area contributed by atoms with E-state index in [-0.39, 0.29) is 5.91 Å². The van der Waals surface area contributed by atoms with Gasteiger partial charge in [0.05, 0.1) is 10.2 Å². The first-order chi connectivity index (χ1) is 8.13. The third kappa shape index (κ3) is 4.08. The van der Waals surface area contributed by atoms with Crippen LogP contribution < -0.4 is 10.6 Å². The largest absolute Gasteiger partial charge is 0.353 e. The van der Waals surface area contributed by atoms with E-state index in [9.17, 15) is 4.79 Å². The molecule has 0 aliphatic carbocycles. The highest BCUT2D eigenvalue weighted by Gasteiger charge is 2.19. The van der Waals surface area contributed by atoms with Crippen LogP contribution in [0.1, 0.15) is 24.6 Å². The first-order valence-corrected chi connectivity index (χ1v) is 7.51. The van der Waals surface area contributed by atoms with Crippen LogP contribution in [0.5, 0.6) is 0 Å². The molecule has 2 N–H and O–H groups in total. The van der Waals surface area contributed by atoms with Gasteiger partial charge < -0.3 is 10.6 Å². The molecule has 0 radical (unpaired) electrons. The monoisotopic (exact) mass is 316 g/mol. The van der Waals surface area contributed by atoms with Crippen LogP contribution in [0.25, 0.3) is 0 Å². The summed E-state index contributed by atoms with van der Waals surface area (Å²) in [4.78, 5) is 13.0. The SMILES string of the molecule is CC1CC(NC(=O)Cc2ccc(Br)s2)CCN1. The second kappa shape index (κ2) is 5.98. The Kier molecular flexibility index (Phi) is 4.59. The number of rotatable bonds is 3. The van der Waals surface area contributed by atoms with Gasteiger partial charge in [0.25, 0.3) is 0 Å². The van der Waals surface area contributed by atoms with Crippen molar-refractivity contribution in [3.63, 3.8) is 0 Å². The van der Waals surface area contributed by atoms with Gasteiger partial charge in [-0.15, -0.1) is 11.3 Å². The van der Waals surface area contributed by atoms with Crippen LogP contribution in [-0.2, 0) is 11.2 Å². The highest BCUT2D eigenvalue weighted by Crippen LogP contribution is 2.22. The minimum Gasteiger partial charge on any atom is -0.353 e. The summed E-state index contributed by atoms with van der Waals surface area (Å²) in [6.07, 6.45) is 2.55. The molecule has 2 unspecified atom stereocenters. The van der Waals surface area contributed by atoms with Gasteiger partial charge in [0.2, 0.25) is 5.91 Å². The Bertz CT molecular complexity index is 394. The van der Waals surface area contributed by atoms with Crippen LogP contribution in [-0.4, -0.2) is 24.5 Å². The summed E-state index contributed by atoms with van der Waals surface area (Å²) in [5.41, 5.74) is 0. The number of hydrogen-bond acceptors (Lipinski definition) is 3. The summed E-state index contributed by atoms with van der Waals surface area (Å²) >= 11 is 5.03. The molecule has 0 saturated carbocycles. The van der Waals surface area contributed by atoms with Crippen LogP contribution in [0.4, 0.5) is 0 Å². The fourth-order valence-corrected chi connectivity index (χ4v) is 3.63. The molecular weight excluding hydrogens is 300 g/mol. The average Bonchev–Trinajstić information content (AvgIpc) is 2.63. The average molecular weight is 317 g/mol. The van der Waals surface area contributed by atoms with Crippen molar-refractivity contribution in [1.82, 2.24) is 10.6 Å². The van der Waals surface area contributed by atoms with Crippen LogP contribution in [0.15, 0.2) is 15.9 Å². The molecule has 3 nitrogen and oxygen atoms in total. The number of hydrogen-bond donors (Lipinski definition) is 2. The van der Waals surface area contributed by atoms with E-state index in [1.54, 1.807) is 11.3 Å². The number of piperidine rings is 1. The van der Waals surface area contributed by atoms with Crippen molar-refractivity contribution in [3.05, 3.63) is 20.8 Å². The van der Waals surface area contributed by atoms with Gasteiger partial charge in [-0.1, -0.05) is 0 Å². The quantitative estimate of drug-likeness (QED) is 0.898. The van der Waals surface area contributed by atoms with Gasteiger partial charge in [-0.2, -0.15) is 0 Å². The van der Waals surface area contributed by atoms with Crippen LogP contribution in [0.2, 0.25) is 0 Å². The zero-order chi connectivity index (χ0) is 12.3. The Morgan fingerprint density at radius 1 is 1.65 bits per heavy atom. The zero-order valence-corrected chi connectivity index (χ0v) is 12.2. The van der Waals surface area contributed by atoms with Gasteiger partial charge >= 0.3 is 0 Å². The molecule has 2 atom stereocenters. The molecule has 1 fully saturated rings. The molecule has 1 aromatic heterocycles. The molecule has 0 spiro atoms. The summed E-state index contributed by atoms with van der Waals surface area (Å²) in [6, 6.07) is 4.83. The molecule has 1 amide bonds. The van der Waals surface area contributed by atoms with Crippen LogP contribution in [0.3, 0.4) is 0 Å². The summed E-state index contributed by atoms with van der Waals surface area (Å²) in [7, 11) is 0. The van der Waals surface area contributed by atoms with E-state index in [1.165, 1.54) is 0 Å². The molecule has 0 bridgehead atoms. The van der Waals surface area contributed by atoms with E-state index in [0.29, 0.717) is 18.5 Å². The van der Waals surface area contributed by atoms with Gasteiger partial charge in [0.15, 0.2) is 0 Å². The number of carbonyl (C=O) groups excluding carboxylic acids is 1. The molecule has 2 rings (SSSR count). The second-order valence-corrected chi connectivity index (χ2v) is 7.07. The normalized spacial score (nSPS) is 24.6. The predicted octanol–water partition coefficient (Wildman–Crippen LogP) is 2.31. The summed E-state index contributed by atoms with van der Waals surface area (Å²) in [5, 5.41) is 6.50. The third-order valence-corrected chi connectivity index (χ3v) is 4.58. The topological polar surface area (TPSA) is 41.1 Å². The van der Waals surface area contributed by atoms with Crippen molar-refractivity contribution in [2.24, 2.45) is 0 Å². The number of halogens is 1. The van der Waals surface area contributed by atoms with Gasteiger partial charge in [-0.3, -0.25) is 4.79 Å². The number of nitrogens with one attached hydrogen (secondary N) is 2. The van der Waals surface area contributed by atoms with E-state index in [4.69, 9.17) is 0 Å². The van der Waals surface area contributed by atoms with Crippen molar-refractivity contribution in [1.29, 1.82) is 0 Å². The van der Waals surface area contributed by atoms with Gasteiger partial charge in [0.1, 0.15) is 0 Å². The molecule has 1 saturated heterocycles. The Morgan fingerprint density at radius 2 is 2.47 bits per heavy atom. The standard InChI is InChI=1S/C12H17BrN2OS/c1-8-6-9(4-5-14-8)15-12(16)7-10-2-3-11(13)17-10/h2-3,8-9,14H,4-7H2,1H3,(H,15,16). The lowest BCUT2D eigenvalue weighted by atomic mass is 10.0. The maximum absolute atomic E-state index is 11.9. The highest BCUT2D eigenvalue weighted by molar-refractivity contribution is 9.11. The van der Waals surface area contributed by atoms with Crippen molar-refractivity contribution in [3.8, 4) is 0 Å². The van der Waals surface area contributed by atoms with E-state index in [0.717, 1.165) is 28.0 Å². The summed E-state index contributed by atoms with van der Waals surface area (Å²) in [5.74, 6) is 0.137. The van der Waals surface area contributed by atoms with Crippen molar-refractivity contribution >= 4 is 33.2 Å². The predicted molar refractivity (Wildman–Crippen MR) is 74.4 cm³/mol. The lowest BCUT2D eigenvalue weighted by Crippen LogP contribution is -2.46. The Hall–Kier alpha value is -0.390. The minimum atomic E-state index is 0.137. The second-order valence-electron chi connectivity index (χ2n) is 4.53. The molecule has 1 aliphatic rings. The summed E-state index contributed by atoms with van der Waals surface area (Å²) in [6.45, 7) is 3.16. The zero-order valence-electron chi connectivity index (χ0n) is 9.83. The molecular formula is C12H17BrN2OS. The number of amides is 1. The highest BCUT2D eigenvalue weighted by atomic mass is 79.9. The Balaban J connectivity index is 1.80. The lowest BCUT2D eigenvalue weighted by molar-refractivity contribution is -0.121. The minimum absolute atomic E-state index is 0.137. The van der Waals surface area contributed by atoms with E-state index < -0.39 is 0 Å². The van der Waals surface area contributed by atoms with Crippen LogP contribution >= 0.6 is 27.3 Å². The smallest absolute Gasteiger partial charge is 0.225 e.